The van der Waals surface area contributed by atoms with Gasteiger partial charge >= 0.3 is 0 Å². The summed E-state index contributed by atoms with van der Waals surface area (Å²) in [6.45, 7) is 2.02. The van der Waals surface area contributed by atoms with E-state index >= 15 is 0 Å². The number of ether oxygens (including phenoxy) is 1. The van der Waals surface area contributed by atoms with Crippen LogP contribution in [-0.4, -0.2) is 36.7 Å². The number of ketones is 2. The molecule has 0 unspecified atom stereocenters. The lowest BCUT2D eigenvalue weighted by Gasteiger charge is -2.39. The molecule has 3 aliphatic heterocycles. The first-order valence-electron chi connectivity index (χ1n) is 13.2. The lowest BCUT2D eigenvalue weighted by atomic mass is 9.64. The van der Waals surface area contributed by atoms with Crippen LogP contribution in [0.2, 0.25) is 0 Å². The molecule has 0 bridgehead atoms. The van der Waals surface area contributed by atoms with Crippen molar-refractivity contribution in [2.75, 3.05) is 17.3 Å². The number of anilines is 2. The Morgan fingerprint density at radius 2 is 1.75 bits per heavy atom. The zero-order valence-corrected chi connectivity index (χ0v) is 22.8. The maximum absolute atomic E-state index is 14.8. The molecule has 1 N–H and O–H groups in total. The van der Waals surface area contributed by atoms with E-state index in [0.29, 0.717) is 21.9 Å². The topological polar surface area (TPSA) is 75.7 Å². The predicted octanol–water partition coefficient (Wildman–Crippen LogP) is 6.00. The monoisotopic (exact) mass is 546 g/mol. The average Bonchev–Trinajstić information content (AvgIpc) is 3.70. The van der Waals surface area contributed by atoms with Crippen LogP contribution in [0.5, 0.6) is 5.75 Å². The van der Waals surface area contributed by atoms with Gasteiger partial charge in [-0.15, -0.1) is 11.3 Å². The fourth-order valence-corrected chi connectivity index (χ4v) is 7.61. The highest BCUT2D eigenvalue weighted by atomic mass is 32.1. The van der Waals surface area contributed by atoms with E-state index in [4.69, 9.17) is 4.74 Å². The largest absolute Gasteiger partial charge is 0.497 e. The molecular weight excluding hydrogens is 520 g/mol. The molecule has 3 aliphatic rings. The number of hydrogen-bond donors (Lipinski definition) is 1. The highest BCUT2D eigenvalue weighted by Gasteiger charge is 2.70. The van der Waals surface area contributed by atoms with Crippen molar-refractivity contribution in [2.45, 2.75) is 24.4 Å². The number of thiophene rings is 1. The fraction of sp³-hybridized carbons (Fsp3) is 0.182. The van der Waals surface area contributed by atoms with Crippen molar-refractivity contribution in [3.05, 3.63) is 118 Å². The quantitative estimate of drug-likeness (QED) is 0.311. The summed E-state index contributed by atoms with van der Waals surface area (Å²) in [5.74, 6) is -1.17. The summed E-state index contributed by atoms with van der Waals surface area (Å²) in [6.07, 6.45) is 2.07. The Balaban J connectivity index is 1.56. The first kappa shape index (κ1) is 24.5. The van der Waals surface area contributed by atoms with Crippen molar-refractivity contribution in [2.24, 2.45) is 5.92 Å². The summed E-state index contributed by atoms with van der Waals surface area (Å²) in [7, 11) is 1.55. The van der Waals surface area contributed by atoms with Crippen molar-refractivity contribution in [1.29, 1.82) is 0 Å². The van der Waals surface area contributed by atoms with Gasteiger partial charge in [-0.3, -0.25) is 14.4 Å². The summed E-state index contributed by atoms with van der Waals surface area (Å²) in [6, 6.07) is 24.6. The van der Waals surface area contributed by atoms with Gasteiger partial charge in [0.1, 0.15) is 17.2 Å². The number of hydrogen-bond acceptors (Lipinski definition) is 6. The van der Waals surface area contributed by atoms with Crippen LogP contribution in [0.3, 0.4) is 0 Å². The van der Waals surface area contributed by atoms with E-state index in [-0.39, 0.29) is 17.5 Å². The highest BCUT2D eigenvalue weighted by Crippen LogP contribution is 2.59. The van der Waals surface area contributed by atoms with Gasteiger partial charge in [0.25, 0.3) is 0 Å². The number of para-hydroxylation sites is 2. The molecule has 4 aromatic rings. The Morgan fingerprint density at radius 3 is 2.55 bits per heavy atom. The third-order valence-electron chi connectivity index (χ3n) is 8.55. The van der Waals surface area contributed by atoms with Crippen LogP contribution in [0.25, 0.3) is 5.57 Å². The van der Waals surface area contributed by atoms with E-state index in [9.17, 15) is 14.4 Å². The number of carbonyl (C=O) groups is 3. The van der Waals surface area contributed by atoms with Crippen LogP contribution >= 0.6 is 11.3 Å². The molecule has 4 heterocycles. The SMILES string of the molecule is COc1cccc(C(=O)[C@@H]2[C@@H](C(=O)c3cccs3)N3c4ccccc4C(C)=C[C@@H]3[C@@]23C(=O)Nc2ccccc23)c1. The molecule has 1 aromatic heterocycles. The molecule has 6 nitrogen and oxygen atoms in total. The minimum Gasteiger partial charge on any atom is -0.497 e. The van der Waals surface area contributed by atoms with E-state index in [1.54, 1.807) is 37.4 Å². The van der Waals surface area contributed by atoms with Crippen LogP contribution in [0.4, 0.5) is 11.4 Å². The minimum atomic E-state index is -1.33. The molecule has 1 spiro atoms. The number of rotatable bonds is 5. The summed E-state index contributed by atoms with van der Waals surface area (Å²) in [4.78, 5) is 46.3. The Bertz CT molecular complexity index is 1730. The first-order chi connectivity index (χ1) is 19.5. The molecule has 1 amide bonds. The number of nitrogens with zero attached hydrogens (tertiary/aromatic N) is 1. The molecular formula is C33H26N2O4S. The van der Waals surface area contributed by atoms with Gasteiger partial charge in [0.15, 0.2) is 11.6 Å². The number of benzene rings is 3. The molecule has 0 saturated carbocycles. The Labute approximate surface area is 235 Å². The highest BCUT2D eigenvalue weighted by molar-refractivity contribution is 7.12. The average molecular weight is 547 g/mol. The maximum atomic E-state index is 14.8. The molecule has 198 valence electrons. The van der Waals surface area contributed by atoms with E-state index in [0.717, 1.165) is 22.4 Å². The molecule has 7 heteroatoms. The van der Waals surface area contributed by atoms with E-state index in [1.807, 2.05) is 71.8 Å². The normalized spacial score (nSPS) is 24.1. The lowest BCUT2D eigenvalue weighted by molar-refractivity contribution is -0.121. The predicted molar refractivity (Wildman–Crippen MR) is 156 cm³/mol. The van der Waals surface area contributed by atoms with Crippen molar-refractivity contribution >= 4 is 45.8 Å². The zero-order valence-electron chi connectivity index (χ0n) is 22.0. The number of methoxy groups -OCH3 is 1. The molecule has 1 fully saturated rings. The standard InChI is InChI=1S/C33H26N2O4S/c1-19-17-27-33(23-12-4-5-13-24(23)34-32(33)38)28(30(36)20-9-7-10-21(18-20)39-2)29(31(37)26-15-8-16-40-26)35(27)25-14-6-3-11-22(19)25/h3-18,27-29H,1-2H3,(H,34,38)/t27-,28+,29+,33-/m1/s1. The molecule has 40 heavy (non-hydrogen) atoms. The van der Waals surface area contributed by atoms with Crippen LogP contribution in [0.1, 0.15) is 38.1 Å². The molecule has 4 atom stereocenters. The third kappa shape index (κ3) is 3.24. The van der Waals surface area contributed by atoms with Crippen LogP contribution in [0, 0.1) is 5.92 Å². The Hall–Kier alpha value is -4.49. The summed E-state index contributed by atoms with van der Waals surface area (Å²) in [5, 5.41) is 4.94. The van der Waals surface area contributed by atoms with Crippen LogP contribution < -0.4 is 15.0 Å². The zero-order chi connectivity index (χ0) is 27.6. The smallest absolute Gasteiger partial charge is 0.238 e. The van der Waals surface area contributed by atoms with Crippen molar-refractivity contribution < 1.29 is 19.1 Å². The number of fused-ring (bicyclic) bond motifs is 6. The van der Waals surface area contributed by atoms with Gasteiger partial charge in [0.05, 0.1) is 23.9 Å². The summed E-state index contributed by atoms with van der Waals surface area (Å²) in [5.41, 5.74) is 3.32. The first-order valence-corrected chi connectivity index (χ1v) is 14.1. The number of allylic oxidation sites excluding steroid dienone is 1. The third-order valence-corrected chi connectivity index (χ3v) is 9.44. The van der Waals surface area contributed by atoms with Crippen molar-refractivity contribution in [3.63, 3.8) is 0 Å². The fourth-order valence-electron chi connectivity index (χ4n) is 6.91. The molecule has 0 radical (unpaired) electrons. The maximum Gasteiger partial charge on any atom is 0.238 e. The minimum absolute atomic E-state index is 0.168. The van der Waals surface area contributed by atoms with Crippen LogP contribution in [0.15, 0.2) is 96.4 Å². The lowest BCUT2D eigenvalue weighted by Crippen LogP contribution is -2.51. The van der Waals surface area contributed by atoms with Gasteiger partial charge in [0, 0.05) is 22.5 Å². The van der Waals surface area contributed by atoms with Crippen molar-refractivity contribution in [1.82, 2.24) is 0 Å². The molecule has 7 rings (SSSR count). The van der Waals surface area contributed by atoms with Gasteiger partial charge in [0.2, 0.25) is 5.91 Å². The second-order valence-electron chi connectivity index (χ2n) is 10.4. The summed E-state index contributed by atoms with van der Waals surface area (Å²) < 4.78 is 5.43. The number of carbonyl (C=O) groups excluding carboxylic acids is 3. The summed E-state index contributed by atoms with van der Waals surface area (Å²) >= 11 is 1.35. The van der Waals surface area contributed by atoms with E-state index in [1.165, 1.54) is 11.3 Å². The molecule has 0 aliphatic carbocycles. The van der Waals surface area contributed by atoms with Gasteiger partial charge in [-0.1, -0.05) is 60.7 Å². The number of amides is 1. The second-order valence-corrected chi connectivity index (χ2v) is 11.4. The van der Waals surface area contributed by atoms with E-state index in [2.05, 4.69) is 11.4 Å². The molecule has 1 saturated heterocycles. The second kappa shape index (κ2) is 9.03. The van der Waals surface area contributed by atoms with Crippen molar-refractivity contribution in [3.8, 4) is 5.75 Å². The Kier molecular flexibility index (Phi) is 5.54. The van der Waals surface area contributed by atoms with Gasteiger partial charge < -0.3 is 15.0 Å². The van der Waals surface area contributed by atoms with Crippen LogP contribution in [-0.2, 0) is 10.2 Å². The van der Waals surface area contributed by atoms with Gasteiger partial charge in [-0.05, 0) is 53.8 Å². The Morgan fingerprint density at radius 1 is 0.950 bits per heavy atom. The van der Waals surface area contributed by atoms with Gasteiger partial charge in [-0.25, -0.2) is 0 Å². The number of nitrogens with one attached hydrogen (secondary N) is 1. The van der Waals surface area contributed by atoms with E-state index < -0.39 is 23.4 Å². The number of Topliss-reactive ketones (excluding diaryl/α,β-unsaturated/α-hetero) is 2. The molecule has 3 aromatic carbocycles. The van der Waals surface area contributed by atoms with Gasteiger partial charge in [-0.2, -0.15) is 0 Å².